The van der Waals surface area contributed by atoms with E-state index in [9.17, 15) is 9.59 Å². The summed E-state index contributed by atoms with van der Waals surface area (Å²) in [5.41, 5.74) is 0.302. The van der Waals surface area contributed by atoms with Crippen molar-refractivity contribution in [1.29, 1.82) is 0 Å². The van der Waals surface area contributed by atoms with E-state index in [4.69, 9.17) is 4.42 Å². The van der Waals surface area contributed by atoms with E-state index in [1.807, 2.05) is 0 Å². The molecule has 0 aromatic carbocycles. The van der Waals surface area contributed by atoms with Crippen molar-refractivity contribution in [3.8, 4) is 0 Å². The number of aromatic nitrogens is 2. The topological polar surface area (TPSA) is 88.3 Å². The van der Waals surface area contributed by atoms with Crippen LogP contribution < -0.4 is 5.32 Å². The fourth-order valence-corrected chi connectivity index (χ4v) is 2.46. The minimum atomic E-state index is -0.232. The molecule has 0 radical (unpaired) electrons. The van der Waals surface area contributed by atoms with Crippen LogP contribution in [-0.4, -0.2) is 45.8 Å². The Morgan fingerprint density at radius 2 is 2.09 bits per heavy atom. The zero-order valence-corrected chi connectivity index (χ0v) is 11.9. The molecule has 114 valence electrons. The molecule has 1 saturated heterocycles. The number of likely N-dealkylation sites (tertiary alicyclic amines) is 1. The molecule has 22 heavy (non-hydrogen) atoms. The van der Waals surface area contributed by atoms with Gasteiger partial charge in [0.1, 0.15) is 5.69 Å². The molecule has 2 aromatic heterocycles. The molecule has 1 N–H and O–H groups in total. The van der Waals surface area contributed by atoms with Gasteiger partial charge >= 0.3 is 0 Å². The molecule has 0 aliphatic carbocycles. The Bertz CT molecular complexity index is 634. The number of hydrogen-bond donors (Lipinski definition) is 1. The molecule has 2 amide bonds. The van der Waals surface area contributed by atoms with Gasteiger partial charge in [0.05, 0.1) is 12.5 Å². The molecule has 0 atom stereocenters. The Morgan fingerprint density at radius 3 is 2.73 bits per heavy atom. The summed E-state index contributed by atoms with van der Waals surface area (Å²) in [6, 6.07) is 3.39. The molecule has 0 saturated carbocycles. The van der Waals surface area contributed by atoms with Crippen molar-refractivity contribution in [3.05, 3.63) is 48.4 Å². The van der Waals surface area contributed by atoms with Gasteiger partial charge in [-0.15, -0.1) is 0 Å². The molecule has 1 fully saturated rings. The van der Waals surface area contributed by atoms with Crippen molar-refractivity contribution in [3.63, 3.8) is 0 Å². The van der Waals surface area contributed by atoms with Crippen molar-refractivity contribution in [2.45, 2.75) is 18.9 Å². The molecule has 3 rings (SSSR count). The molecule has 2 aromatic rings. The SMILES string of the molecule is O=C(NC1CCN(C(=O)c2ccco2)CC1)c1cnccn1. The quantitative estimate of drug-likeness (QED) is 0.917. The lowest BCUT2D eigenvalue weighted by molar-refractivity contribution is 0.0667. The van der Waals surface area contributed by atoms with E-state index in [0.717, 1.165) is 0 Å². The lowest BCUT2D eigenvalue weighted by Crippen LogP contribution is -2.46. The highest BCUT2D eigenvalue weighted by Gasteiger charge is 2.26. The predicted molar refractivity (Wildman–Crippen MR) is 77.1 cm³/mol. The van der Waals surface area contributed by atoms with Crippen LogP contribution in [0.4, 0.5) is 0 Å². The number of rotatable bonds is 3. The minimum Gasteiger partial charge on any atom is -0.459 e. The van der Waals surface area contributed by atoms with Crippen molar-refractivity contribution in [2.75, 3.05) is 13.1 Å². The summed E-state index contributed by atoms with van der Waals surface area (Å²) < 4.78 is 5.12. The molecule has 0 spiro atoms. The highest BCUT2D eigenvalue weighted by atomic mass is 16.3. The third-order valence-corrected chi connectivity index (χ3v) is 3.65. The van der Waals surface area contributed by atoms with Gasteiger partial charge in [-0.05, 0) is 25.0 Å². The average Bonchev–Trinajstić information content (AvgIpc) is 3.10. The fourth-order valence-electron chi connectivity index (χ4n) is 2.46. The number of carbonyl (C=O) groups excluding carboxylic acids is 2. The average molecular weight is 300 g/mol. The van der Waals surface area contributed by atoms with Crippen LogP contribution in [0.15, 0.2) is 41.4 Å². The summed E-state index contributed by atoms with van der Waals surface area (Å²) in [4.78, 5) is 33.7. The van der Waals surface area contributed by atoms with Crippen LogP contribution in [0.1, 0.15) is 33.9 Å². The van der Waals surface area contributed by atoms with Gasteiger partial charge < -0.3 is 14.6 Å². The first-order valence-corrected chi connectivity index (χ1v) is 7.13. The zero-order chi connectivity index (χ0) is 15.4. The smallest absolute Gasteiger partial charge is 0.289 e. The number of furan rings is 1. The summed E-state index contributed by atoms with van der Waals surface area (Å²) in [6.45, 7) is 1.18. The lowest BCUT2D eigenvalue weighted by atomic mass is 10.0. The normalized spacial score (nSPS) is 15.5. The van der Waals surface area contributed by atoms with Crippen LogP contribution in [-0.2, 0) is 0 Å². The van der Waals surface area contributed by atoms with E-state index in [-0.39, 0.29) is 17.9 Å². The van der Waals surface area contributed by atoms with Gasteiger partial charge in [-0.2, -0.15) is 0 Å². The van der Waals surface area contributed by atoms with Gasteiger partial charge in [-0.1, -0.05) is 0 Å². The van der Waals surface area contributed by atoms with E-state index in [2.05, 4.69) is 15.3 Å². The number of hydrogen-bond acceptors (Lipinski definition) is 5. The largest absolute Gasteiger partial charge is 0.459 e. The van der Waals surface area contributed by atoms with Crippen molar-refractivity contribution in [2.24, 2.45) is 0 Å². The van der Waals surface area contributed by atoms with Crippen molar-refractivity contribution in [1.82, 2.24) is 20.2 Å². The molecular formula is C15H16N4O3. The fraction of sp³-hybridized carbons (Fsp3) is 0.333. The first kappa shape index (κ1) is 14.2. The van der Waals surface area contributed by atoms with E-state index >= 15 is 0 Å². The first-order chi connectivity index (χ1) is 10.7. The number of nitrogens with one attached hydrogen (secondary N) is 1. The van der Waals surface area contributed by atoms with E-state index in [0.29, 0.717) is 37.4 Å². The van der Waals surface area contributed by atoms with Crippen molar-refractivity contribution < 1.29 is 14.0 Å². The Labute approximate surface area is 127 Å². The standard InChI is InChI=1S/C15H16N4O3/c20-14(12-10-16-5-6-17-12)18-11-3-7-19(8-4-11)15(21)13-2-1-9-22-13/h1-2,5-6,9-11H,3-4,7-8H2,(H,18,20). The Kier molecular flexibility index (Phi) is 4.13. The molecule has 0 unspecified atom stereocenters. The summed E-state index contributed by atoms with van der Waals surface area (Å²) in [5.74, 6) is 0.00894. The monoisotopic (exact) mass is 300 g/mol. The lowest BCUT2D eigenvalue weighted by Gasteiger charge is -2.31. The van der Waals surface area contributed by atoms with E-state index in [1.54, 1.807) is 17.0 Å². The molecule has 7 nitrogen and oxygen atoms in total. The number of nitrogens with zero attached hydrogens (tertiary/aromatic N) is 3. The maximum absolute atomic E-state index is 12.1. The Hall–Kier alpha value is -2.70. The molecule has 7 heteroatoms. The zero-order valence-electron chi connectivity index (χ0n) is 11.9. The Morgan fingerprint density at radius 1 is 1.27 bits per heavy atom. The third kappa shape index (κ3) is 3.13. The van der Waals surface area contributed by atoms with Gasteiger partial charge in [0, 0.05) is 31.5 Å². The Balaban J connectivity index is 1.52. The summed E-state index contributed by atoms with van der Waals surface area (Å²) >= 11 is 0. The van der Waals surface area contributed by atoms with Crippen molar-refractivity contribution >= 4 is 11.8 Å². The van der Waals surface area contributed by atoms with E-state index in [1.165, 1.54) is 24.9 Å². The van der Waals surface area contributed by atoms with Gasteiger partial charge in [0.15, 0.2) is 5.76 Å². The maximum Gasteiger partial charge on any atom is 0.289 e. The minimum absolute atomic E-state index is 0.0372. The molecular weight excluding hydrogens is 284 g/mol. The first-order valence-electron chi connectivity index (χ1n) is 7.13. The maximum atomic E-state index is 12.1. The van der Waals surface area contributed by atoms with Gasteiger partial charge in [-0.3, -0.25) is 14.6 Å². The van der Waals surface area contributed by atoms with Crippen LogP contribution in [0.5, 0.6) is 0 Å². The second-order valence-corrected chi connectivity index (χ2v) is 5.11. The second-order valence-electron chi connectivity index (χ2n) is 5.11. The number of piperidine rings is 1. The van der Waals surface area contributed by atoms with Crippen LogP contribution in [0.3, 0.4) is 0 Å². The highest BCUT2D eigenvalue weighted by Crippen LogP contribution is 2.14. The molecule has 3 heterocycles. The molecule has 1 aliphatic rings. The van der Waals surface area contributed by atoms with E-state index < -0.39 is 0 Å². The number of amides is 2. The predicted octanol–water partition coefficient (Wildman–Crippen LogP) is 1.10. The summed E-state index contributed by atoms with van der Waals surface area (Å²) in [7, 11) is 0. The van der Waals surface area contributed by atoms with Gasteiger partial charge in [0.25, 0.3) is 11.8 Å². The van der Waals surface area contributed by atoms with Gasteiger partial charge in [-0.25, -0.2) is 4.98 Å². The number of carbonyl (C=O) groups is 2. The summed E-state index contributed by atoms with van der Waals surface area (Å²) in [6.07, 6.45) is 7.35. The van der Waals surface area contributed by atoms with Gasteiger partial charge in [0.2, 0.25) is 0 Å². The second kappa shape index (κ2) is 6.38. The van der Waals surface area contributed by atoms with Crippen LogP contribution in [0, 0.1) is 0 Å². The molecule has 0 bridgehead atoms. The van der Waals surface area contributed by atoms with Crippen LogP contribution in [0.25, 0.3) is 0 Å². The third-order valence-electron chi connectivity index (χ3n) is 3.65. The summed E-state index contributed by atoms with van der Waals surface area (Å²) in [5, 5.41) is 2.93. The highest BCUT2D eigenvalue weighted by molar-refractivity contribution is 5.92. The molecule has 1 aliphatic heterocycles. The van der Waals surface area contributed by atoms with Crippen LogP contribution in [0.2, 0.25) is 0 Å². The van der Waals surface area contributed by atoms with Crippen LogP contribution >= 0.6 is 0 Å².